The van der Waals surface area contributed by atoms with Crippen molar-refractivity contribution in [2.45, 2.75) is 45.1 Å². The average molecular weight is 261 g/mol. The minimum absolute atomic E-state index is 0.127. The van der Waals surface area contributed by atoms with Crippen LogP contribution < -0.4 is 5.73 Å². The zero-order valence-electron chi connectivity index (χ0n) is 12.2. The van der Waals surface area contributed by atoms with Crippen LogP contribution in [-0.2, 0) is 14.9 Å². The molecule has 3 heteroatoms. The van der Waals surface area contributed by atoms with Gasteiger partial charge in [0, 0.05) is 6.04 Å². The first kappa shape index (κ1) is 14.1. The largest absolute Gasteiger partial charge is 0.469 e. The van der Waals surface area contributed by atoms with Crippen LogP contribution in [0.2, 0.25) is 0 Å². The molecule has 1 aliphatic rings. The molecule has 0 bridgehead atoms. The Morgan fingerprint density at radius 3 is 2.16 bits per heavy atom. The summed E-state index contributed by atoms with van der Waals surface area (Å²) in [5, 5.41) is 0. The van der Waals surface area contributed by atoms with Crippen LogP contribution in [0.3, 0.4) is 0 Å². The highest BCUT2D eigenvalue weighted by atomic mass is 16.5. The number of hydrogen-bond acceptors (Lipinski definition) is 3. The van der Waals surface area contributed by atoms with Crippen molar-refractivity contribution in [3.8, 4) is 0 Å². The Morgan fingerprint density at radius 1 is 1.26 bits per heavy atom. The van der Waals surface area contributed by atoms with Gasteiger partial charge in [0.05, 0.1) is 12.5 Å². The van der Waals surface area contributed by atoms with Gasteiger partial charge >= 0.3 is 5.97 Å². The number of hydrogen-bond donors (Lipinski definition) is 1. The summed E-state index contributed by atoms with van der Waals surface area (Å²) in [5.74, 6) is -0.181. The molecular weight excluding hydrogens is 238 g/mol. The third kappa shape index (κ3) is 2.52. The molecule has 0 spiro atoms. The number of rotatable bonds is 3. The van der Waals surface area contributed by atoms with E-state index < -0.39 is 5.41 Å². The molecule has 2 N–H and O–H groups in total. The van der Waals surface area contributed by atoms with Gasteiger partial charge in [-0.3, -0.25) is 4.79 Å². The molecule has 1 fully saturated rings. The summed E-state index contributed by atoms with van der Waals surface area (Å²) in [5.41, 5.74) is 8.19. The van der Waals surface area contributed by atoms with Crippen molar-refractivity contribution in [1.82, 2.24) is 0 Å². The first-order valence-corrected chi connectivity index (χ1v) is 6.76. The van der Waals surface area contributed by atoms with E-state index in [4.69, 9.17) is 10.5 Å². The molecule has 1 saturated carbocycles. The van der Waals surface area contributed by atoms with E-state index in [2.05, 4.69) is 32.9 Å². The molecule has 0 aromatic heterocycles. The van der Waals surface area contributed by atoms with Crippen molar-refractivity contribution in [2.24, 2.45) is 11.1 Å². The van der Waals surface area contributed by atoms with Crippen molar-refractivity contribution < 1.29 is 9.53 Å². The Hall–Kier alpha value is -1.35. The summed E-state index contributed by atoms with van der Waals surface area (Å²) >= 11 is 0. The summed E-state index contributed by atoms with van der Waals surface area (Å²) in [4.78, 5) is 11.8. The molecule has 0 amide bonds. The molecule has 1 unspecified atom stereocenters. The third-order valence-electron chi connectivity index (χ3n) is 4.11. The fourth-order valence-corrected chi connectivity index (χ4v) is 2.49. The molecule has 0 radical (unpaired) electrons. The van der Waals surface area contributed by atoms with E-state index in [1.807, 2.05) is 12.1 Å². The van der Waals surface area contributed by atoms with Crippen molar-refractivity contribution in [3.63, 3.8) is 0 Å². The number of methoxy groups -OCH3 is 1. The molecule has 0 aliphatic heterocycles. The standard InChI is InChI=1S/C16H23NO2/c1-15(2,3)12-7-5-11(6-8-12)13(17)16(9-10-16)14(18)19-4/h5-8,13H,9-10,17H2,1-4H3. The van der Waals surface area contributed by atoms with E-state index in [0.717, 1.165) is 18.4 Å². The SMILES string of the molecule is COC(=O)C1(C(N)c2ccc(C(C)(C)C)cc2)CC1. The maximum absolute atomic E-state index is 11.8. The van der Waals surface area contributed by atoms with E-state index in [-0.39, 0.29) is 17.4 Å². The van der Waals surface area contributed by atoms with Crippen LogP contribution >= 0.6 is 0 Å². The minimum Gasteiger partial charge on any atom is -0.469 e. The molecule has 1 atom stereocenters. The van der Waals surface area contributed by atoms with Crippen LogP contribution in [0.1, 0.15) is 50.8 Å². The normalized spacial score (nSPS) is 18.8. The summed E-state index contributed by atoms with van der Waals surface area (Å²) in [7, 11) is 1.43. The molecule has 1 aromatic carbocycles. The molecule has 0 heterocycles. The molecule has 104 valence electrons. The van der Waals surface area contributed by atoms with E-state index in [9.17, 15) is 4.79 Å². The molecule has 1 aromatic rings. The van der Waals surface area contributed by atoms with Crippen LogP contribution in [0, 0.1) is 5.41 Å². The Morgan fingerprint density at radius 2 is 1.79 bits per heavy atom. The average Bonchev–Trinajstić information content (AvgIpc) is 3.17. The van der Waals surface area contributed by atoms with Gasteiger partial charge in [0.25, 0.3) is 0 Å². The van der Waals surface area contributed by atoms with E-state index in [1.165, 1.54) is 12.7 Å². The maximum Gasteiger partial charge on any atom is 0.313 e. The zero-order chi connectivity index (χ0) is 14.3. The van der Waals surface area contributed by atoms with Gasteiger partial charge in [-0.25, -0.2) is 0 Å². The second-order valence-electron chi connectivity index (χ2n) is 6.50. The highest BCUT2D eigenvalue weighted by Crippen LogP contribution is 2.54. The van der Waals surface area contributed by atoms with Crippen molar-refractivity contribution in [2.75, 3.05) is 7.11 Å². The van der Waals surface area contributed by atoms with E-state index >= 15 is 0 Å². The van der Waals surface area contributed by atoms with Crippen LogP contribution in [0.25, 0.3) is 0 Å². The van der Waals surface area contributed by atoms with Crippen molar-refractivity contribution in [3.05, 3.63) is 35.4 Å². The Labute approximate surface area is 115 Å². The topological polar surface area (TPSA) is 52.3 Å². The van der Waals surface area contributed by atoms with Gasteiger partial charge in [-0.05, 0) is 29.4 Å². The van der Waals surface area contributed by atoms with Crippen molar-refractivity contribution in [1.29, 1.82) is 0 Å². The third-order valence-corrected chi connectivity index (χ3v) is 4.11. The quantitative estimate of drug-likeness (QED) is 0.851. The fraction of sp³-hybridized carbons (Fsp3) is 0.562. The minimum atomic E-state index is -0.488. The Balaban J connectivity index is 2.21. The van der Waals surface area contributed by atoms with E-state index in [1.54, 1.807) is 0 Å². The molecule has 2 rings (SSSR count). The highest BCUT2D eigenvalue weighted by molar-refractivity contribution is 5.81. The lowest BCUT2D eigenvalue weighted by Crippen LogP contribution is -2.31. The van der Waals surface area contributed by atoms with E-state index in [0.29, 0.717) is 0 Å². The van der Waals surface area contributed by atoms with Crippen LogP contribution in [0.15, 0.2) is 24.3 Å². The number of esters is 1. The molecule has 0 saturated heterocycles. The predicted octanol–water partition coefficient (Wildman–Crippen LogP) is 2.94. The summed E-state index contributed by atoms with van der Waals surface area (Å²) in [6, 6.07) is 8.00. The van der Waals surface area contributed by atoms with Crippen molar-refractivity contribution >= 4 is 5.97 Å². The molecule has 3 nitrogen and oxygen atoms in total. The van der Waals surface area contributed by atoms with Gasteiger partial charge in [-0.1, -0.05) is 45.0 Å². The lowest BCUT2D eigenvalue weighted by molar-refractivity contribution is -0.148. The predicted molar refractivity (Wildman–Crippen MR) is 75.8 cm³/mol. The first-order chi connectivity index (χ1) is 8.81. The number of benzene rings is 1. The van der Waals surface area contributed by atoms with Crippen LogP contribution in [-0.4, -0.2) is 13.1 Å². The number of ether oxygens (including phenoxy) is 1. The van der Waals surface area contributed by atoms with Crippen LogP contribution in [0.4, 0.5) is 0 Å². The first-order valence-electron chi connectivity index (χ1n) is 6.76. The second kappa shape index (κ2) is 4.64. The van der Waals surface area contributed by atoms with Gasteiger partial charge in [0.1, 0.15) is 0 Å². The summed E-state index contributed by atoms with van der Waals surface area (Å²) in [6.07, 6.45) is 1.64. The monoisotopic (exact) mass is 261 g/mol. The Kier molecular flexibility index (Phi) is 3.43. The second-order valence-corrected chi connectivity index (χ2v) is 6.50. The zero-order valence-corrected chi connectivity index (χ0v) is 12.2. The van der Waals surface area contributed by atoms with Gasteiger partial charge in [-0.15, -0.1) is 0 Å². The lowest BCUT2D eigenvalue weighted by atomic mass is 9.84. The Bertz CT molecular complexity index is 467. The number of carbonyl (C=O) groups is 1. The smallest absolute Gasteiger partial charge is 0.313 e. The lowest BCUT2D eigenvalue weighted by Gasteiger charge is -2.23. The molecular formula is C16H23NO2. The van der Waals surface area contributed by atoms with Crippen LogP contribution in [0.5, 0.6) is 0 Å². The summed E-state index contributed by atoms with van der Waals surface area (Å²) < 4.78 is 4.88. The number of carbonyl (C=O) groups excluding carboxylic acids is 1. The molecule has 19 heavy (non-hydrogen) atoms. The van der Waals surface area contributed by atoms with Gasteiger partial charge < -0.3 is 10.5 Å². The molecule has 1 aliphatic carbocycles. The van der Waals surface area contributed by atoms with Gasteiger partial charge in [0.2, 0.25) is 0 Å². The van der Waals surface area contributed by atoms with Gasteiger partial charge in [0.15, 0.2) is 0 Å². The van der Waals surface area contributed by atoms with Gasteiger partial charge in [-0.2, -0.15) is 0 Å². The summed E-state index contributed by atoms with van der Waals surface area (Å²) in [6.45, 7) is 6.54. The highest BCUT2D eigenvalue weighted by Gasteiger charge is 2.56. The maximum atomic E-state index is 11.8. The number of nitrogens with two attached hydrogens (primary N) is 1. The fourth-order valence-electron chi connectivity index (χ4n) is 2.49.